The van der Waals surface area contributed by atoms with Crippen LogP contribution in [0.25, 0.3) is 0 Å². The molecule has 0 radical (unpaired) electrons. The monoisotopic (exact) mass is 378 g/mol. The zero-order valence-corrected chi connectivity index (χ0v) is 14.5. The molecule has 1 amide bonds. The van der Waals surface area contributed by atoms with Gasteiger partial charge in [0, 0.05) is 16.8 Å². The van der Waals surface area contributed by atoms with Crippen molar-refractivity contribution in [3.8, 4) is 5.75 Å². The number of para-hydroxylation sites is 2. The minimum absolute atomic E-state index is 0.0595. The van der Waals surface area contributed by atoms with Crippen LogP contribution in [0.3, 0.4) is 0 Å². The van der Waals surface area contributed by atoms with Gasteiger partial charge in [0.1, 0.15) is 0 Å². The van der Waals surface area contributed by atoms with Gasteiger partial charge in [-0.25, -0.2) is 4.79 Å². The Balaban J connectivity index is 1.81. The van der Waals surface area contributed by atoms with Gasteiger partial charge in [-0.15, -0.1) is 0 Å². The molecule has 0 aliphatic carbocycles. The molecule has 0 bridgehead atoms. The van der Waals surface area contributed by atoms with Gasteiger partial charge < -0.3 is 14.8 Å². The molecule has 0 spiro atoms. The van der Waals surface area contributed by atoms with Crippen LogP contribution in [0.15, 0.2) is 42.5 Å². The first-order valence-electron chi connectivity index (χ1n) is 7.44. The van der Waals surface area contributed by atoms with Crippen LogP contribution in [0.2, 0.25) is 5.02 Å². The van der Waals surface area contributed by atoms with E-state index in [-0.39, 0.29) is 11.4 Å². The Hall–Kier alpha value is -3.13. The number of rotatable bonds is 7. The molecule has 0 aliphatic rings. The number of carbonyl (C=O) groups excluding carboxylic acids is 2. The molecule has 2 aromatic carbocycles. The van der Waals surface area contributed by atoms with E-state index in [9.17, 15) is 19.7 Å². The summed E-state index contributed by atoms with van der Waals surface area (Å²) in [6.45, 7) is 0.702. The summed E-state index contributed by atoms with van der Waals surface area (Å²) in [6.07, 6.45) is 0. The average Bonchev–Trinajstić information content (AvgIpc) is 2.60. The second-order valence-corrected chi connectivity index (χ2v) is 5.62. The standard InChI is InChI=1S/C17H15ClN2O6/c1-11-8-12(18)6-7-13(11)19-16(21)9-26-17(22)10-25-15-5-3-2-4-14(15)20(23)24/h2-8H,9-10H2,1H3,(H,19,21). The van der Waals surface area contributed by atoms with Gasteiger partial charge in [-0.1, -0.05) is 23.7 Å². The lowest BCUT2D eigenvalue weighted by atomic mass is 10.2. The molecule has 1 N–H and O–H groups in total. The molecule has 0 unspecified atom stereocenters. The lowest BCUT2D eigenvalue weighted by Gasteiger charge is -2.10. The summed E-state index contributed by atoms with van der Waals surface area (Å²) in [4.78, 5) is 33.7. The maximum absolute atomic E-state index is 11.8. The number of nitro benzene ring substituents is 1. The first kappa shape index (κ1) is 19.2. The van der Waals surface area contributed by atoms with Crippen LogP contribution in [0, 0.1) is 17.0 Å². The number of hydrogen-bond donors (Lipinski definition) is 1. The fourth-order valence-corrected chi connectivity index (χ4v) is 2.23. The van der Waals surface area contributed by atoms with Crippen molar-refractivity contribution in [2.24, 2.45) is 0 Å². The lowest BCUT2D eigenvalue weighted by molar-refractivity contribution is -0.385. The van der Waals surface area contributed by atoms with Crippen LogP contribution < -0.4 is 10.1 Å². The zero-order chi connectivity index (χ0) is 19.1. The van der Waals surface area contributed by atoms with E-state index in [1.165, 1.54) is 24.3 Å². The van der Waals surface area contributed by atoms with Gasteiger partial charge in [0.15, 0.2) is 19.0 Å². The number of nitro groups is 1. The minimum Gasteiger partial charge on any atom is -0.475 e. The van der Waals surface area contributed by atoms with Crippen molar-refractivity contribution in [2.45, 2.75) is 6.92 Å². The maximum atomic E-state index is 11.8. The van der Waals surface area contributed by atoms with Crippen molar-refractivity contribution in [1.82, 2.24) is 0 Å². The minimum atomic E-state index is -0.828. The van der Waals surface area contributed by atoms with E-state index in [0.717, 1.165) is 5.56 Å². The normalized spacial score (nSPS) is 10.1. The van der Waals surface area contributed by atoms with Crippen LogP contribution in [-0.4, -0.2) is 30.0 Å². The second kappa shape index (κ2) is 8.82. The van der Waals surface area contributed by atoms with Crippen molar-refractivity contribution in [3.63, 3.8) is 0 Å². The number of halogens is 1. The van der Waals surface area contributed by atoms with Gasteiger partial charge in [-0.05, 0) is 36.8 Å². The first-order valence-corrected chi connectivity index (χ1v) is 7.82. The lowest BCUT2D eigenvalue weighted by Crippen LogP contribution is -2.24. The number of amides is 1. The van der Waals surface area contributed by atoms with Crippen molar-refractivity contribution < 1.29 is 24.0 Å². The quantitative estimate of drug-likeness (QED) is 0.450. The second-order valence-electron chi connectivity index (χ2n) is 5.18. The van der Waals surface area contributed by atoms with Gasteiger partial charge in [0.2, 0.25) is 0 Å². The van der Waals surface area contributed by atoms with Gasteiger partial charge in [0.25, 0.3) is 5.91 Å². The van der Waals surface area contributed by atoms with E-state index in [0.29, 0.717) is 10.7 Å². The highest BCUT2D eigenvalue weighted by atomic mass is 35.5. The zero-order valence-electron chi connectivity index (χ0n) is 13.7. The maximum Gasteiger partial charge on any atom is 0.344 e. The van der Waals surface area contributed by atoms with Gasteiger partial charge in [-0.2, -0.15) is 0 Å². The summed E-state index contributed by atoms with van der Waals surface area (Å²) in [5.74, 6) is -1.42. The van der Waals surface area contributed by atoms with E-state index >= 15 is 0 Å². The number of anilines is 1. The fourth-order valence-electron chi connectivity index (χ4n) is 2.01. The highest BCUT2D eigenvalue weighted by Crippen LogP contribution is 2.25. The van der Waals surface area contributed by atoms with Gasteiger partial charge in [0.05, 0.1) is 4.92 Å². The average molecular weight is 379 g/mol. The molecule has 8 nitrogen and oxygen atoms in total. The predicted molar refractivity (Wildman–Crippen MR) is 94.4 cm³/mol. The van der Waals surface area contributed by atoms with Crippen molar-refractivity contribution in [2.75, 3.05) is 18.5 Å². The topological polar surface area (TPSA) is 108 Å². The Kier molecular flexibility index (Phi) is 6.51. The summed E-state index contributed by atoms with van der Waals surface area (Å²) in [6, 6.07) is 10.6. The van der Waals surface area contributed by atoms with E-state index in [1.807, 2.05) is 0 Å². The number of aryl methyl sites for hydroxylation is 1. The summed E-state index contributed by atoms with van der Waals surface area (Å²) in [5.41, 5.74) is 1.04. The number of nitrogens with zero attached hydrogens (tertiary/aromatic N) is 1. The first-order chi connectivity index (χ1) is 12.4. The van der Waals surface area contributed by atoms with Gasteiger partial charge >= 0.3 is 11.7 Å². The van der Waals surface area contributed by atoms with Crippen molar-refractivity contribution >= 4 is 34.9 Å². The smallest absolute Gasteiger partial charge is 0.344 e. The van der Waals surface area contributed by atoms with E-state index in [4.69, 9.17) is 21.1 Å². The molecule has 0 heterocycles. The third-order valence-corrected chi connectivity index (χ3v) is 3.47. The molecular formula is C17H15ClN2O6. The van der Waals surface area contributed by atoms with Crippen LogP contribution >= 0.6 is 11.6 Å². The van der Waals surface area contributed by atoms with Crippen LogP contribution in [0.5, 0.6) is 5.75 Å². The number of ether oxygens (including phenoxy) is 2. The Morgan fingerprint density at radius 3 is 2.62 bits per heavy atom. The molecule has 2 aromatic rings. The summed E-state index contributed by atoms with van der Waals surface area (Å²) in [7, 11) is 0. The van der Waals surface area contributed by atoms with E-state index in [2.05, 4.69) is 5.32 Å². The van der Waals surface area contributed by atoms with Crippen molar-refractivity contribution in [3.05, 3.63) is 63.2 Å². The van der Waals surface area contributed by atoms with E-state index in [1.54, 1.807) is 25.1 Å². The molecule has 0 aromatic heterocycles. The van der Waals surface area contributed by atoms with Crippen LogP contribution in [0.4, 0.5) is 11.4 Å². The molecule has 2 rings (SSSR count). The van der Waals surface area contributed by atoms with Crippen LogP contribution in [-0.2, 0) is 14.3 Å². The molecule has 0 saturated heterocycles. The molecule has 26 heavy (non-hydrogen) atoms. The molecule has 0 atom stereocenters. The van der Waals surface area contributed by atoms with Gasteiger partial charge in [-0.3, -0.25) is 14.9 Å². The Labute approximate surface area is 153 Å². The summed E-state index contributed by atoms with van der Waals surface area (Å²) < 4.78 is 9.87. The third kappa shape index (κ3) is 5.45. The van der Waals surface area contributed by atoms with Crippen LogP contribution in [0.1, 0.15) is 5.56 Å². The third-order valence-electron chi connectivity index (χ3n) is 3.23. The molecule has 9 heteroatoms. The SMILES string of the molecule is Cc1cc(Cl)ccc1NC(=O)COC(=O)COc1ccccc1[N+](=O)[O-]. The fraction of sp³-hybridized carbons (Fsp3) is 0.176. The predicted octanol–water partition coefficient (Wildman–Crippen LogP) is 3.12. The Morgan fingerprint density at radius 1 is 1.19 bits per heavy atom. The van der Waals surface area contributed by atoms with Crippen molar-refractivity contribution in [1.29, 1.82) is 0 Å². The number of benzene rings is 2. The highest BCUT2D eigenvalue weighted by molar-refractivity contribution is 6.30. The number of carbonyl (C=O) groups is 2. The molecular weight excluding hydrogens is 364 g/mol. The Morgan fingerprint density at radius 2 is 1.92 bits per heavy atom. The largest absolute Gasteiger partial charge is 0.475 e. The molecule has 0 fully saturated rings. The number of nitrogens with one attached hydrogen (secondary N) is 1. The number of esters is 1. The van der Waals surface area contributed by atoms with E-state index < -0.39 is 30.0 Å². The summed E-state index contributed by atoms with van der Waals surface area (Å²) >= 11 is 5.83. The highest BCUT2D eigenvalue weighted by Gasteiger charge is 2.16. The molecule has 0 aliphatic heterocycles. The Bertz CT molecular complexity index is 840. The number of hydrogen-bond acceptors (Lipinski definition) is 6. The summed E-state index contributed by atoms with van der Waals surface area (Å²) in [5, 5.41) is 14.0. The molecule has 0 saturated carbocycles. The molecule has 136 valence electrons.